The first-order chi connectivity index (χ1) is 8.38. The molecule has 0 amide bonds. The van der Waals surface area contributed by atoms with Gasteiger partial charge in [0.15, 0.2) is 0 Å². The Kier molecular flexibility index (Phi) is 3.72. The van der Waals surface area contributed by atoms with Crippen molar-refractivity contribution in [1.29, 1.82) is 0 Å². The van der Waals surface area contributed by atoms with Crippen molar-refractivity contribution in [1.82, 2.24) is 10.2 Å². The molecule has 0 aromatic heterocycles. The summed E-state index contributed by atoms with van der Waals surface area (Å²) < 4.78 is 0. The van der Waals surface area contributed by atoms with E-state index in [1.807, 2.05) is 0 Å². The van der Waals surface area contributed by atoms with Crippen LogP contribution in [0.15, 0.2) is 0 Å². The lowest BCUT2D eigenvalue weighted by Gasteiger charge is -2.42. The third kappa shape index (κ3) is 2.39. The monoisotopic (exact) mass is 236 g/mol. The van der Waals surface area contributed by atoms with Crippen molar-refractivity contribution in [2.24, 2.45) is 11.8 Å². The molecule has 0 radical (unpaired) electrons. The Labute approximate surface area is 106 Å². The van der Waals surface area contributed by atoms with Gasteiger partial charge in [0.2, 0.25) is 0 Å². The highest BCUT2D eigenvalue weighted by molar-refractivity contribution is 4.97. The van der Waals surface area contributed by atoms with Crippen LogP contribution in [0.25, 0.3) is 0 Å². The van der Waals surface area contributed by atoms with E-state index in [1.165, 1.54) is 58.2 Å². The number of fused-ring (bicyclic) bond motifs is 2. The zero-order valence-electron chi connectivity index (χ0n) is 11.3. The van der Waals surface area contributed by atoms with Crippen LogP contribution in [0.1, 0.15) is 51.9 Å². The summed E-state index contributed by atoms with van der Waals surface area (Å²) in [6.45, 7) is 6.16. The van der Waals surface area contributed by atoms with Crippen LogP contribution in [0.3, 0.4) is 0 Å². The lowest BCUT2D eigenvalue weighted by atomic mass is 9.91. The van der Waals surface area contributed by atoms with Gasteiger partial charge < -0.3 is 5.32 Å². The van der Waals surface area contributed by atoms with Crippen LogP contribution in [-0.4, -0.2) is 36.6 Å². The van der Waals surface area contributed by atoms with Gasteiger partial charge in [0.05, 0.1) is 0 Å². The minimum Gasteiger partial charge on any atom is -0.315 e. The summed E-state index contributed by atoms with van der Waals surface area (Å²) in [5.74, 6) is 2.13. The summed E-state index contributed by atoms with van der Waals surface area (Å²) in [5.41, 5.74) is 0. The van der Waals surface area contributed by atoms with Crippen LogP contribution in [-0.2, 0) is 0 Å². The molecular weight excluding hydrogens is 208 g/mol. The van der Waals surface area contributed by atoms with Gasteiger partial charge in [-0.2, -0.15) is 0 Å². The van der Waals surface area contributed by atoms with E-state index >= 15 is 0 Å². The molecule has 0 aromatic rings. The van der Waals surface area contributed by atoms with E-state index in [2.05, 4.69) is 17.1 Å². The van der Waals surface area contributed by atoms with Crippen molar-refractivity contribution in [3.05, 3.63) is 0 Å². The second-order valence-electron chi connectivity index (χ2n) is 6.48. The summed E-state index contributed by atoms with van der Waals surface area (Å²) in [6, 6.07) is 1.78. The van der Waals surface area contributed by atoms with Crippen LogP contribution in [0.2, 0.25) is 0 Å². The number of nitrogens with zero attached hydrogens (tertiary/aromatic N) is 1. The zero-order valence-corrected chi connectivity index (χ0v) is 11.3. The van der Waals surface area contributed by atoms with Crippen LogP contribution in [0, 0.1) is 11.8 Å². The van der Waals surface area contributed by atoms with Gasteiger partial charge in [-0.1, -0.05) is 13.3 Å². The van der Waals surface area contributed by atoms with Gasteiger partial charge in [0.25, 0.3) is 0 Å². The molecule has 3 aliphatic rings. The number of piperidine rings is 1. The summed E-state index contributed by atoms with van der Waals surface area (Å²) in [5, 5.41) is 3.60. The predicted molar refractivity (Wildman–Crippen MR) is 72.1 cm³/mol. The molecule has 4 atom stereocenters. The average molecular weight is 236 g/mol. The molecule has 4 unspecified atom stereocenters. The molecule has 3 fully saturated rings. The van der Waals surface area contributed by atoms with Crippen molar-refractivity contribution >= 4 is 0 Å². The Morgan fingerprint density at radius 2 is 2.12 bits per heavy atom. The fraction of sp³-hybridized carbons (Fsp3) is 1.00. The van der Waals surface area contributed by atoms with Gasteiger partial charge in [-0.05, 0) is 63.5 Å². The molecule has 98 valence electrons. The predicted octanol–water partition coefficient (Wildman–Crippen LogP) is 2.64. The Hall–Kier alpha value is -0.0800. The fourth-order valence-corrected chi connectivity index (χ4v) is 4.61. The lowest BCUT2D eigenvalue weighted by Crippen LogP contribution is -2.52. The highest BCUT2D eigenvalue weighted by Crippen LogP contribution is 2.47. The minimum absolute atomic E-state index is 0.841. The van der Waals surface area contributed by atoms with Gasteiger partial charge in [-0.3, -0.25) is 4.90 Å². The summed E-state index contributed by atoms with van der Waals surface area (Å²) >= 11 is 0. The molecule has 2 nitrogen and oxygen atoms in total. The standard InChI is InChI=1S/C15H28N2/c1-2-8-17(14-4-3-7-16-11-14)15-10-12-5-6-13(15)9-12/h12-16H,2-11H2,1H3. The first-order valence-corrected chi connectivity index (χ1v) is 7.85. The Bertz CT molecular complexity index is 247. The Morgan fingerprint density at radius 1 is 1.18 bits per heavy atom. The van der Waals surface area contributed by atoms with Crippen molar-refractivity contribution in [3.8, 4) is 0 Å². The maximum atomic E-state index is 3.60. The molecule has 1 N–H and O–H groups in total. The van der Waals surface area contributed by atoms with Gasteiger partial charge in [0, 0.05) is 18.6 Å². The zero-order chi connectivity index (χ0) is 11.7. The second kappa shape index (κ2) is 5.27. The molecule has 0 aromatic carbocycles. The highest BCUT2D eigenvalue weighted by atomic mass is 15.2. The third-order valence-corrected chi connectivity index (χ3v) is 5.35. The number of hydrogen-bond acceptors (Lipinski definition) is 2. The SMILES string of the molecule is CCCN(C1CCCNC1)C1CC2CCC1C2. The molecule has 1 heterocycles. The molecule has 2 aliphatic carbocycles. The normalized spacial score (nSPS) is 41.3. The van der Waals surface area contributed by atoms with Crippen LogP contribution >= 0.6 is 0 Å². The number of hydrogen-bond donors (Lipinski definition) is 1. The van der Waals surface area contributed by atoms with E-state index in [1.54, 1.807) is 6.42 Å². The molecule has 1 aliphatic heterocycles. The van der Waals surface area contributed by atoms with Gasteiger partial charge in [-0.15, -0.1) is 0 Å². The van der Waals surface area contributed by atoms with Crippen molar-refractivity contribution in [2.45, 2.75) is 64.0 Å². The Morgan fingerprint density at radius 3 is 2.71 bits per heavy atom. The van der Waals surface area contributed by atoms with Crippen molar-refractivity contribution in [3.63, 3.8) is 0 Å². The number of rotatable bonds is 4. The molecular formula is C15H28N2. The van der Waals surface area contributed by atoms with E-state index in [4.69, 9.17) is 0 Å². The van der Waals surface area contributed by atoms with Gasteiger partial charge >= 0.3 is 0 Å². The highest BCUT2D eigenvalue weighted by Gasteiger charge is 2.43. The molecule has 2 saturated carbocycles. The molecule has 2 bridgehead atoms. The Balaban J connectivity index is 1.66. The second-order valence-corrected chi connectivity index (χ2v) is 6.48. The van der Waals surface area contributed by atoms with Crippen molar-refractivity contribution < 1.29 is 0 Å². The van der Waals surface area contributed by atoms with E-state index < -0.39 is 0 Å². The van der Waals surface area contributed by atoms with Crippen LogP contribution < -0.4 is 5.32 Å². The quantitative estimate of drug-likeness (QED) is 0.807. The van der Waals surface area contributed by atoms with E-state index in [0.29, 0.717) is 0 Å². The maximum absolute atomic E-state index is 3.60. The van der Waals surface area contributed by atoms with Crippen LogP contribution in [0.4, 0.5) is 0 Å². The summed E-state index contributed by atoms with van der Waals surface area (Å²) in [7, 11) is 0. The molecule has 3 rings (SSSR count). The molecule has 2 heteroatoms. The van der Waals surface area contributed by atoms with E-state index in [0.717, 1.165) is 23.9 Å². The van der Waals surface area contributed by atoms with Crippen molar-refractivity contribution in [2.75, 3.05) is 19.6 Å². The van der Waals surface area contributed by atoms with Crippen LogP contribution in [0.5, 0.6) is 0 Å². The first kappa shape index (κ1) is 12.0. The molecule has 1 saturated heterocycles. The average Bonchev–Trinajstić information content (AvgIpc) is 2.99. The fourth-order valence-electron chi connectivity index (χ4n) is 4.61. The maximum Gasteiger partial charge on any atom is 0.0224 e. The molecule has 0 spiro atoms. The smallest absolute Gasteiger partial charge is 0.0224 e. The summed E-state index contributed by atoms with van der Waals surface area (Å²) in [6.07, 6.45) is 10.3. The van der Waals surface area contributed by atoms with E-state index in [-0.39, 0.29) is 0 Å². The molecule has 17 heavy (non-hydrogen) atoms. The van der Waals surface area contributed by atoms with Gasteiger partial charge in [-0.25, -0.2) is 0 Å². The topological polar surface area (TPSA) is 15.3 Å². The minimum atomic E-state index is 0.841. The van der Waals surface area contributed by atoms with Gasteiger partial charge in [0.1, 0.15) is 0 Å². The largest absolute Gasteiger partial charge is 0.315 e. The number of nitrogens with one attached hydrogen (secondary N) is 1. The first-order valence-electron chi connectivity index (χ1n) is 7.85. The van der Waals surface area contributed by atoms with E-state index in [9.17, 15) is 0 Å². The lowest BCUT2D eigenvalue weighted by molar-refractivity contribution is 0.0778. The summed E-state index contributed by atoms with van der Waals surface area (Å²) in [4.78, 5) is 2.90. The third-order valence-electron chi connectivity index (χ3n) is 5.35.